The summed E-state index contributed by atoms with van der Waals surface area (Å²) in [7, 11) is 0. The van der Waals surface area contributed by atoms with Crippen LogP contribution >= 0.6 is 23.1 Å². The molecule has 4 aromatic rings. The Morgan fingerprint density at radius 2 is 2.11 bits per heavy atom. The monoisotopic (exact) mass is 396 g/mol. The molecule has 0 unspecified atom stereocenters. The van der Waals surface area contributed by atoms with Gasteiger partial charge in [0.1, 0.15) is 4.70 Å². The van der Waals surface area contributed by atoms with E-state index in [2.05, 4.69) is 21.8 Å². The number of fused-ring (bicyclic) bond motifs is 1. The molecule has 0 aliphatic carbocycles. The molecule has 0 fully saturated rings. The molecule has 3 heterocycles. The van der Waals surface area contributed by atoms with Gasteiger partial charge >= 0.3 is 0 Å². The minimum atomic E-state index is -0.158. The smallest absolute Gasteiger partial charge is 0.272 e. The van der Waals surface area contributed by atoms with Crippen molar-refractivity contribution in [3.63, 3.8) is 0 Å². The van der Waals surface area contributed by atoms with E-state index in [9.17, 15) is 4.79 Å². The summed E-state index contributed by atoms with van der Waals surface area (Å²) in [6, 6.07) is 11.5. The Morgan fingerprint density at radius 1 is 1.30 bits per heavy atom. The lowest BCUT2D eigenvalue weighted by Crippen LogP contribution is -2.22. The molecule has 0 aliphatic rings. The molecule has 1 aromatic carbocycles. The van der Waals surface area contributed by atoms with Gasteiger partial charge in [0.15, 0.2) is 5.16 Å². The minimum absolute atomic E-state index is 0.0555. The number of nitrogens with zero attached hydrogens (tertiary/aromatic N) is 4. The van der Waals surface area contributed by atoms with E-state index in [0.717, 1.165) is 5.56 Å². The average molecular weight is 396 g/mol. The molecule has 1 atom stereocenters. The predicted octanol–water partition coefficient (Wildman–Crippen LogP) is 4.55. The predicted molar refractivity (Wildman–Crippen MR) is 108 cm³/mol. The third-order valence-corrected chi connectivity index (χ3v) is 5.90. The van der Waals surface area contributed by atoms with E-state index in [4.69, 9.17) is 4.42 Å². The maximum atomic E-state index is 12.7. The number of aromatic nitrogens is 4. The highest BCUT2D eigenvalue weighted by atomic mass is 32.2. The van der Waals surface area contributed by atoms with Crippen LogP contribution in [0.2, 0.25) is 0 Å². The summed E-state index contributed by atoms with van der Waals surface area (Å²) in [5.74, 6) is 0.964. The first kappa shape index (κ1) is 17.7. The zero-order valence-electron chi connectivity index (χ0n) is 14.5. The van der Waals surface area contributed by atoms with Crippen LogP contribution in [-0.4, -0.2) is 19.7 Å². The Kier molecular flexibility index (Phi) is 4.91. The number of rotatable bonds is 6. The highest BCUT2D eigenvalue weighted by Gasteiger charge is 2.20. The average Bonchev–Trinajstić information content (AvgIpc) is 3.35. The normalized spacial score (nSPS) is 12.3. The quantitative estimate of drug-likeness (QED) is 0.270. The summed E-state index contributed by atoms with van der Waals surface area (Å²) in [5, 5.41) is 10.6. The van der Waals surface area contributed by atoms with Crippen LogP contribution in [0.25, 0.3) is 21.7 Å². The first-order valence-electron chi connectivity index (χ1n) is 8.32. The van der Waals surface area contributed by atoms with Crippen molar-refractivity contribution in [1.29, 1.82) is 0 Å². The number of thiophene rings is 1. The van der Waals surface area contributed by atoms with Gasteiger partial charge in [-0.3, -0.25) is 9.36 Å². The Morgan fingerprint density at radius 3 is 2.89 bits per heavy atom. The van der Waals surface area contributed by atoms with Crippen LogP contribution in [-0.2, 0) is 6.54 Å². The fourth-order valence-electron chi connectivity index (χ4n) is 2.61. The summed E-state index contributed by atoms with van der Waals surface area (Å²) in [4.78, 5) is 17.4. The molecule has 0 amide bonds. The molecule has 0 aliphatic heterocycles. The van der Waals surface area contributed by atoms with Crippen LogP contribution in [0.4, 0.5) is 0 Å². The van der Waals surface area contributed by atoms with Crippen molar-refractivity contribution in [3.8, 4) is 11.5 Å². The maximum Gasteiger partial charge on any atom is 0.272 e. The van der Waals surface area contributed by atoms with Crippen LogP contribution in [0.1, 0.15) is 18.1 Å². The second kappa shape index (κ2) is 7.50. The summed E-state index contributed by atoms with van der Waals surface area (Å²) in [6.07, 6.45) is 1.69. The summed E-state index contributed by atoms with van der Waals surface area (Å²) >= 11 is 2.82. The number of hydrogen-bond donors (Lipinski definition) is 0. The Labute approximate surface area is 163 Å². The molecule has 0 bridgehead atoms. The van der Waals surface area contributed by atoms with E-state index in [1.165, 1.54) is 23.1 Å². The third-order valence-electron chi connectivity index (χ3n) is 3.93. The zero-order valence-corrected chi connectivity index (χ0v) is 16.2. The molecule has 8 heteroatoms. The standard InChI is InChI=1S/C19H16N4O2S2/c1-3-10-23-18(24)15-14(9-11-26-15)20-19(23)27-12(2)16-21-22-17(25-16)13-7-5-4-6-8-13/h3-9,11-12H,1,10H2,2H3/t12-/m0/s1. The molecule has 27 heavy (non-hydrogen) atoms. The van der Waals surface area contributed by atoms with Crippen molar-refractivity contribution in [3.05, 3.63) is 70.7 Å². The maximum absolute atomic E-state index is 12.7. The first-order chi connectivity index (χ1) is 13.2. The van der Waals surface area contributed by atoms with Gasteiger partial charge in [0.25, 0.3) is 5.56 Å². The Bertz CT molecular complexity index is 1150. The molecular weight excluding hydrogens is 380 g/mol. The zero-order chi connectivity index (χ0) is 18.8. The number of allylic oxidation sites excluding steroid dienone is 1. The van der Waals surface area contributed by atoms with E-state index in [1.807, 2.05) is 48.7 Å². The van der Waals surface area contributed by atoms with Crippen LogP contribution in [0.5, 0.6) is 0 Å². The topological polar surface area (TPSA) is 73.8 Å². The van der Waals surface area contributed by atoms with E-state index in [1.54, 1.807) is 10.6 Å². The third kappa shape index (κ3) is 3.45. The van der Waals surface area contributed by atoms with Gasteiger partial charge in [0.2, 0.25) is 11.8 Å². The molecule has 6 nitrogen and oxygen atoms in total. The lowest BCUT2D eigenvalue weighted by atomic mass is 10.2. The van der Waals surface area contributed by atoms with E-state index >= 15 is 0 Å². The van der Waals surface area contributed by atoms with Crippen molar-refractivity contribution in [1.82, 2.24) is 19.7 Å². The van der Waals surface area contributed by atoms with Crippen molar-refractivity contribution in [2.75, 3.05) is 0 Å². The largest absolute Gasteiger partial charge is 0.419 e. The van der Waals surface area contributed by atoms with Crippen molar-refractivity contribution >= 4 is 33.3 Å². The highest BCUT2D eigenvalue weighted by Crippen LogP contribution is 2.34. The van der Waals surface area contributed by atoms with E-state index < -0.39 is 0 Å². The van der Waals surface area contributed by atoms with Crippen LogP contribution in [0.15, 0.2) is 68.8 Å². The van der Waals surface area contributed by atoms with Crippen molar-refractivity contribution in [2.45, 2.75) is 23.9 Å². The molecule has 0 N–H and O–H groups in total. The summed E-state index contributed by atoms with van der Waals surface area (Å²) in [5.41, 5.74) is 1.52. The first-order valence-corrected chi connectivity index (χ1v) is 10.1. The molecule has 0 radical (unpaired) electrons. The van der Waals surface area contributed by atoms with Gasteiger partial charge in [0.05, 0.1) is 10.8 Å². The molecule has 136 valence electrons. The summed E-state index contributed by atoms with van der Waals surface area (Å²) < 4.78 is 8.11. The van der Waals surface area contributed by atoms with Crippen molar-refractivity contribution in [2.24, 2.45) is 0 Å². The van der Waals surface area contributed by atoms with Gasteiger partial charge in [-0.05, 0) is 30.5 Å². The Hall–Kier alpha value is -2.71. The molecule has 0 spiro atoms. The van der Waals surface area contributed by atoms with Crippen molar-refractivity contribution < 1.29 is 4.42 Å². The number of thioether (sulfide) groups is 1. The van der Waals surface area contributed by atoms with Gasteiger partial charge in [-0.15, -0.1) is 28.1 Å². The van der Waals surface area contributed by atoms with Gasteiger partial charge in [0, 0.05) is 12.1 Å². The molecule has 0 saturated carbocycles. The SMILES string of the molecule is C=CCn1c(S[C@@H](C)c2nnc(-c3ccccc3)o2)nc2ccsc2c1=O. The lowest BCUT2D eigenvalue weighted by Gasteiger charge is -2.12. The van der Waals surface area contributed by atoms with E-state index in [-0.39, 0.29) is 10.8 Å². The van der Waals surface area contributed by atoms with Crippen LogP contribution in [0, 0.1) is 0 Å². The minimum Gasteiger partial charge on any atom is -0.419 e. The van der Waals surface area contributed by atoms with Gasteiger partial charge in [-0.1, -0.05) is 36.0 Å². The van der Waals surface area contributed by atoms with Gasteiger partial charge in [-0.25, -0.2) is 4.98 Å². The summed E-state index contributed by atoms with van der Waals surface area (Å²) in [6.45, 7) is 6.10. The highest BCUT2D eigenvalue weighted by molar-refractivity contribution is 7.99. The second-order valence-electron chi connectivity index (χ2n) is 5.81. The van der Waals surface area contributed by atoms with Crippen LogP contribution < -0.4 is 5.56 Å². The molecule has 0 saturated heterocycles. The number of benzene rings is 1. The molecular formula is C19H16N4O2S2. The fourth-order valence-corrected chi connectivity index (χ4v) is 4.33. The molecule has 4 rings (SSSR count). The molecule has 3 aromatic heterocycles. The van der Waals surface area contributed by atoms with Gasteiger partial charge in [-0.2, -0.15) is 0 Å². The van der Waals surface area contributed by atoms with Gasteiger partial charge < -0.3 is 4.42 Å². The fraction of sp³-hybridized carbons (Fsp3) is 0.158. The number of hydrogen-bond acceptors (Lipinski definition) is 7. The van der Waals surface area contributed by atoms with Crippen LogP contribution in [0.3, 0.4) is 0 Å². The van der Waals surface area contributed by atoms with E-state index in [0.29, 0.717) is 33.7 Å². The lowest BCUT2D eigenvalue weighted by molar-refractivity contribution is 0.508. The Balaban J connectivity index is 1.66. The second-order valence-corrected chi connectivity index (χ2v) is 8.03.